The van der Waals surface area contributed by atoms with E-state index in [9.17, 15) is 4.79 Å². The SMILES string of the molecule is NCc1ccc(-c2noc(-c3ccc(CN4CCCC4=O)cc3)n2)cc1. The Hall–Kier alpha value is -2.99. The molecule has 1 saturated heterocycles. The maximum Gasteiger partial charge on any atom is 0.258 e. The number of carbonyl (C=O) groups excluding carboxylic acids is 1. The molecule has 0 spiro atoms. The third-order valence-electron chi connectivity index (χ3n) is 4.62. The molecule has 1 amide bonds. The minimum atomic E-state index is 0.233. The van der Waals surface area contributed by atoms with Crippen molar-refractivity contribution in [2.24, 2.45) is 5.73 Å². The summed E-state index contributed by atoms with van der Waals surface area (Å²) in [6.45, 7) is 2.01. The van der Waals surface area contributed by atoms with Crippen LogP contribution in [0.4, 0.5) is 0 Å². The average molecular weight is 348 g/mol. The molecule has 0 radical (unpaired) electrons. The molecule has 2 aromatic carbocycles. The van der Waals surface area contributed by atoms with Crippen molar-refractivity contribution in [2.75, 3.05) is 6.54 Å². The van der Waals surface area contributed by atoms with Crippen LogP contribution in [0.25, 0.3) is 22.8 Å². The molecule has 1 aliphatic rings. The van der Waals surface area contributed by atoms with Crippen LogP contribution in [0.5, 0.6) is 0 Å². The molecule has 1 aromatic heterocycles. The Balaban J connectivity index is 1.49. The van der Waals surface area contributed by atoms with Crippen molar-refractivity contribution in [3.05, 3.63) is 59.7 Å². The van der Waals surface area contributed by atoms with Gasteiger partial charge in [0.05, 0.1) is 0 Å². The van der Waals surface area contributed by atoms with Gasteiger partial charge in [-0.3, -0.25) is 4.79 Å². The fraction of sp³-hybridized carbons (Fsp3) is 0.250. The zero-order valence-electron chi connectivity index (χ0n) is 14.4. The summed E-state index contributed by atoms with van der Waals surface area (Å²) in [6.07, 6.45) is 1.61. The lowest BCUT2D eigenvalue weighted by Crippen LogP contribution is -2.23. The second-order valence-corrected chi connectivity index (χ2v) is 6.44. The summed E-state index contributed by atoms with van der Waals surface area (Å²) in [5.74, 6) is 1.26. The maximum absolute atomic E-state index is 11.7. The average Bonchev–Trinajstić information content (AvgIpc) is 3.32. The van der Waals surface area contributed by atoms with Crippen LogP contribution in [0, 0.1) is 0 Å². The number of aromatic nitrogens is 2. The summed E-state index contributed by atoms with van der Waals surface area (Å²) in [6, 6.07) is 15.7. The number of carbonyl (C=O) groups is 1. The van der Waals surface area contributed by atoms with Crippen molar-refractivity contribution < 1.29 is 9.32 Å². The van der Waals surface area contributed by atoms with E-state index in [2.05, 4.69) is 10.1 Å². The van der Waals surface area contributed by atoms with Crippen molar-refractivity contribution in [3.63, 3.8) is 0 Å². The highest BCUT2D eigenvalue weighted by atomic mass is 16.5. The summed E-state index contributed by atoms with van der Waals surface area (Å²) in [5, 5.41) is 4.06. The Bertz CT molecular complexity index is 900. The van der Waals surface area contributed by atoms with Gasteiger partial charge >= 0.3 is 0 Å². The van der Waals surface area contributed by atoms with E-state index in [0.29, 0.717) is 31.2 Å². The highest BCUT2D eigenvalue weighted by Crippen LogP contribution is 2.23. The molecule has 0 bridgehead atoms. The Morgan fingerprint density at radius 2 is 1.69 bits per heavy atom. The van der Waals surface area contributed by atoms with Gasteiger partial charge in [-0.2, -0.15) is 4.98 Å². The second kappa shape index (κ2) is 7.09. The van der Waals surface area contributed by atoms with E-state index in [0.717, 1.165) is 35.2 Å². The van der Waals surface area contributed by atoms with E-state index in [1.807, 2.05) is 53.4 Å². The predicted octanol–water partition coefficient (Wildman–Crippen LogP) is 2.98. The van der Waals surface area contributed by atoms with Crippen LogP contribution >= 0.6 is 0 Å². The zero-order chi connectivity index (χ0) is 17.9. The van der Waals surface area contributed by atoms with E-state index in [1.54, 1.807) is 0 Å². The molecule has 2 heterocycles. The van der Waals surface area contributed by atoms with Crippen molar-refractivity contribution >= 4 is 5.91 Å². The highest BCUT2D eigenvalue weighted by Gasteiger charge is 2.20. The van der Waals surface area contributed by atoms with Gasteiger partial charge in [0.15, 0.2) is 0 Å². The third kappa shape index (κ3) is 3.36. The van der Waals surface area contributed by atoms with Crippen molar-refractivity contribution in [1.82, 2.24) is 15.0 Å². The first kappa shape index (κ1) is 16.5. The molecule has 4 rings (SSSR count). The molecule has 26 heavy (non-hydrogen) atoms. The summed E-state index contributed by atoms with van der Waals surface area (Å²) in [5.41, 5.74) is 9.53. The molecule has 0 atom stereocenters. The Labute approximate surface area is 151 Å². The topological polar surface area (TPSA) is 85.2 Å². The van der Waals surface area contributed by atoms with Crippen LogP contribution in [0.1, 0.15) is 24.0 Å². The van der Waals surface area contributed by atoms with Crippen molar-refractivity contribution in [1.29, 1.82) is 0 Å². The molecule has 1 fully saturated rings. The smallest absolute Gasteiger partial charge is 0.258 e. The highest BCUT2D eigenvalue weighted by molar-refractivity contribution is 5.78. The molecule has 0 saturated carbocycles. The predicted molar refractivity (Wildman–Crippen MR) is 97.7 cm³/mol. The van der Waals surface area contributed by atoms with Crippen LogP contribution in [-0.4, -0.2) is 27.5 Å². The molecule has 2 N–H and O–H groups in total. The first-order chi connectivity index (χ1) is 12.7. The van der Waals surface area contributed by atoms with E-state index >= 15 is 0 Å². The van der Waals surface area contributed by atoms with Gasteiger partial charge < -0.3 is 15.2 Å². The summed E-state index contributed by atoms with van der Waals surface area (Å²) < 4.78 is 5.40. The van der Waals surface area contributed by atoms with E-state index < -0.39 is 0 Å². The van der Waals surface area contributed by atoms with Crippen molar-refractivity contribution in [2.45, 2.75) is 25.9 Å². The van der Waals surface area contributed by atoms with E-state index in [1.165, 1.54) is 0 Å². The molecule has 0 aliphatic carbocycles. The molecule has 6 nitrogen and oxygen atoms in total. The lowest BCUT2D eigenvalue weighted by atomic mass is 10.1. The first-order valence-electron chi connectivity index (χ1n) is 8.73. The van der Waals surface area contributed by atoms with Gasteiger partial charge in [-0.15, -0.1) is 0 Å². The number of amides is 1. The van der Waals surface area contributed by atoms with E-state index in [-0.39, 0.29) is 5.91 Å². The minimum Gasteiger partial charge on any atom is -0.338 e. The van der Waals surface area contributed by atoms with Crippen molar-refractivity contribution in [3.8, 4) is 22.8 Å². The largest absolute Gasteiger partial charge is 0.338 e. The first-order valence-corrected chi connectivity index (χ1v) is 8.73. The second-order valence-electron chi connectivity index (χ2n) is 6.44. The number of benzene rings is 2. The van der Waals surface area contributed by atoms with Gasteiger partial charge in [0.1, 0.15) is 0 Å². The standard InChI is InChI=1S/C20H20N4O2/c21-12-14-3-7-16(8-4-14)19-22-20(26-23-19)17-9-5-15(6-10-17)13-24-11-1-2-18(24)25/h3-10H,1-2,11-13,21H2. The van der Waals surface area contributed by atoms with Gasteiger partial charge in [-0.1, -0.05) is 41.6 Å². The number of nitrogens with two attached hydrogens (primary N) is 1. The van der Waals surface area contributed by atoms with Gasteiger partial charge in [-0.25, -0.2) is 0 Å². The molecule has 132 valence electrons. The fourth-order valence-corrected chi connectivity index (χ4v) is 3.09. The van der Waals surface area contributed by atoms with Crippen LogP contribution in [-0.2, 0) is 17.9 Å². The van der Waals surface area contributed by atoms with Gasteiger partial charge in [0.25, 0.3) is 5.89 Å². The van der Waals surface area contributed by atoms with Crippen LogP contribution in [0.2, 0.25) is 0 Å². The molecule has 3 aromatic rings. The van der Waals surface area contributed by atoms with Crippen LogP contribution in [0.15, 0.2) is 53.1 Å². The van der Waals surface area contributed by atoms with Gasteiger partial charge in [-0.05, 0) is 29.7 Å². The zero-order valence-corrected chi connectivity index (χ0v) is 14.4. The summed E-state index contributed by atoms with van der Waals surface area (Å²) in [7, 11) is 0. The lowest BCUT2D eigenvalue weighted by Gasteiger charge is -2.15. The number of hydrogen-bond acceptors (Lipinski definition) is 5. The number of hydrogen-bond donors (Lipinski definition) is 1. The summed E-state index contributed by atoms with van der Waals surface area (Å²) >= 11 is 0. The molecule has 0 unspecified atom stereocenters. The third-order valence-corrected chi connectivity index (χ3v) is 4.62. The summed E-state index contributed by atoms with van der Waals surface area (Å²) in [4.78, 5) is 18.1. The maximum atomic E-state index is 11.7. The van der Waals surface area contributed by atoms with Crippen LogP contribution < -0.4 is 5.73 Å². The van der Waals surface area contributed by atoms with Gasteiger partial charge in [0.2, 0.25) is 11.7 Å². The Morgan fingerprint density at radius 3 is 2.35 bits per heavy atom. The quantitative estimate of drug-likeness (QED) is 0.766. The van der Waals surface area contributed by atoms with Crippen LogP contribution in [0.3, 0.4) is 0 Å². The molecular weight excluding hydrogens is 328 g/mol. The molecule has 6 heteroatoms. The number of rotatable bonds is 5. The minimum absolute atomic E-state index is 0.233. The lowest BCUT2D eigenvalue weighted by molar-refractivity contribution is -0.128. The number of likely N-dealkylation sites (tertiary alicyclic amines) is 1. The number of nitrogens with zero attached hydrogens (tertiary/aromatic N) is 3. The Morgan fingerprint density at radius 1 is 1.00 bits per heavy atom. The molecular formula is C20H20N4O2. The normalized spacial score (nSPS) is 14.2. The molecule has 1 aliphatic heterocycles. The van der Waals surface area contributed by atoms with E-state index in [4.69, 9.17) is 10.3 Å². The Kier molecular flexibility index (Phi) is 4.50. The fourth-order valence-electron chi connectivity index (χ4n) is 3.09. The monoisotopic (exact) mass is 348 g/mol. The van der Waals surface area contributed by atoms with Gasteiger partial charge in [0, 0.05) is 37.2 Å².